The summed E-state index contributed by atoms with van der Waals surface area (Å²) in [6.07, 6.45) is 0. The molecule has 0 unspecified atom stereocenters. The lowest BCUT2D eigenvalue weighted by Gasteiger charge is -2.36. The third kappa shape index (κ3) is 2.89. The number of anilines is 2. The van der Waals surface area contributed by atoms with Crippen LogP contribution in [0.5, 0.6) is 0 Å². The molecule has 1 aromatic heterocycles. The molecule has 0 amide bonds. The van der Waals surface area contributed by atoms with Gasteiger partial charge in [-0.25, -0.2) is 9.37 Å². The largest absolute Gasteiger partial charge is 0.366 e. The molecule has 1 aromatic carbocycles. The fourth-order valence-electron chi connectivity index (χ4n) is 2.58. The maximum absolute atomic E-state index is 13.8. The van der Waals surface area contributed by atoms with Crippen LogP contribution < -0.4 is 15.4 Å². The number of hydrogen-bond donors (Lipinski definition) is 1. The Labute approximate surface area is 122 Å². The van der Waals surface area contributed by atoms with Gasteiger partial charge in [-0.1, -0.05) is 12.1 Å². The van der Waals surface area contributed by atoms with E-state index in [1.807, 2.05) is 15.9 Å². The number of benzene rings is 1. The van der Waals surface area contributed by atoms with Crippen LogP contribution in [0.2, 0.25) is 0 Å². The number of rotatable bonds is 2. The van der Waals surface area contributed by atoms with Gasteiger partial charge in [0.2, 0.25) is 5.95 Å². The van der Waals surface area contributed by atoms with E-state index >= 15 is 0 Å². The number of H-pyrrole nitrogens is 1. The van der Waals surface area contributed by atoms with Crippen LogP contribution in [0, 0.1) is 12.7 Å². The van der Waals surface area contributed by atoms with E-state index in [2.05, 4.69) is 9.97 Å². The summed E-state index contributed by atoms with van der Waals surface area (Å²) in [6.45, 7) is 4.58. The van der Waals surface area contributed by atoms with E-state index in [0.29, 0.717) is 43.5 Å². The van der Waals surface area contributed by atoms with Crippen LogP contribution in [0.4, 0.5) is 16.0 Å². The molecule has 1 N–H and O–H groups in total. The molecule has 0 atom stereocenters. The normalized spacial score (nSPS) is 15.3. The molecule has 0 bridgehead atoms. The number of nitrogens with zero attached hydrogens (tertiary/aromatic N) is 3. The summed E-state index contributed by atoms with van der Waals surface area (Å²) < 4.78 is 13.8. The van der Waals surface area contributed by atoms with Gasteiger partial charge in [0.05, 0.1) is 5.69 Å². The van der Waals surface area contributed by atoms with Gasteiger partial charge in [-0.2, -0.15) is 0 Å². The molecule has 2 aromatic rings. The second-order valence-electron chi connectivity index (χ2n) is 5.14. The van der Waals surface area contributed by atoms with Crippen LogP contribution in [-0.2, 0) is 0 Å². The second kappa shape index (κ2) is 5.55. The molecule has 0 aliphatic carbocycles. The molecule has 0 spiro atoms. The van der Waals surface area contributed by atoms with Gasteiger partial charge in [0.25, 0.3) is 5.56 Å². The SMILES string of the molecule is Cc1cc(=O)[nH]c(N2CCN(c3ccccc3F)CC2)n1. The highest BCUT2D eigenvalue weighted by atomic mass is 19.1. The summed E-state index contributed by atoms with van der Waals surface area (Å²) in [6, 6.07) is 8.26. The molecule has 1 aliphatic heterocycles. The van der Waals surface area contributed by atoms with E-state index in [9.17, 15) is 9.18 Å². The zero-order chi connectivity index (χ0) is 14.8. The molecule has 0 saturated carbocycles. The number of piperazine rings is 1. The smallest absolute Gasteiger partial charge is 0.252 e. The zero-order valence-corrected chi connectivity index (χ0v) is 11.8. The fourth-order valence-corrected chi connectivity index (χ4v) is 2.58. The predicted molar refractivity (Wildman–Crippen MR) is 80.4 cm³/mol. The number of aryl methyl sites for hydroxylation is 1. The Morgan fingerprint density at radius 3 is 2.48 bits per heavy atom. The number of aromatic amines is 1. The van der Waals surface area contributed by atoms with E-state index in [-0.39, 0.29) is 11.4 Å². The van der Waals surface area contributed by atoms with Crippen molar-refractivity contribution in [2.45, 2.75) is 6.92 Å². The molecular formula is C15H17FN4O. The number of nitrogens with one attached hydrogen (secondary N) is 1. The topological polar surface area (TPSA) is 52.2 Å². The van der Waals surface area contributed by atoms with Crippen molar-refractivity contribution in [3.63, 3.8) is 0 Å². The van der Waals surface area contributed by atoms with Gasteiger partial charge in [0.1, 0.15) is 5.82 Å². The minimum absolute atomic E-state index is 0.144. The monoisotopic (exact) mass is 288 g/mol. The van der Waals surface area contributed by atoms with Gasteiger partial charge in [-0.15, -0.1) is 0 Å². The van der Waals surface area contributed by atoms with E-state index < -0.39 is 0 Å². The van der Waals surface area contributed by atoms with Crippen molar-refractivity contribution < 1.29 is 4.39 Å². The van der Waals surface area contributed by atoms with Crippen molar-refractivity contribution in [2.75, 3.05) is 36.0 Å². The highest BCUT2D eigenvalue weighted by Crippen LogP contribution is 2.21. The average Bonchev–Trinajstić information content (AvgIpc) is 2.47. The van der Waals surface area contributed by atoms with Crippen LogP contribution in [0.15, 0.2) is 35.1 Å². The standard InChI is InChI=1S/C15H17FN4O/c1-11-10-14(21)18-15(17-11)20-8-6-19(7-9-20)13-5-3-2-4-12(13)16/h2-5,10H,6-9H2,1H3,(H,17,18,21). The van der Waals surface area contributed by atoms with Crippen molar-refractivity contribution in [2.24, 2.45) is 0 Å². The van der Waals surface area contributed by atoms with Crippen molar-refractivity contribution >= 4 is 11.6 Å². The maximum atomic E-state index is 13.8. The van der Waals surface area contributed by atoms with Crippen molar-refractivity contribution in [1.29, 1.82) is 0 Å². The number of hydrogen-bond acceptors (Lipinski definition) is 4. The first-order valence-corrected chi connectivity index (χ1v) is 6.96. The summed E-state index contributed by atoms with van der Waals surface area (Å²) in [5, 5.41) is 0. The molecule has 2 heterocycles. The Morgan fingerprint density at radius 2 is 1.81 bits per heavy atom. The highest BCUT2D eigenvalue weighted by Gasteiger charge is 2.20. The molecule has 3 rings (SSSR count). The summed E-state index contributed by atoms with van der Waals surface area (Å²) >= 11 is 0. The molecular weight excluding hydrogens is 271 g/mol. The zero-order valence-electron chi connectivity index (χ0n) is 11.8. The molecule has 1 fully saturated rings. The van der Waals surface area contributed by atoms with Crippen molar-refractivity contribution in [3.05, 3.63) is 52.2 Å². The Morgan fingerprint density at radius 1 is 1.14 bits per heavy atom. The van der Waals surface area contributed by atoms with Crippen LogP contribution >= 0.6 is 0 Å². The molecule has 1 saturated heterocycles. The lowest BCUT2D eigenvalue weighted by molar-refractivity contribution is 0.593. The average molecular weight is 288 g/mol. The molecule has 1 aliphatic rings. The molecule has 6 heteroatoms. The molecule has 5 nitrogen and oxygen atoms in total. The lowest BCUT2D eigenvalue weighted by Crippen LogP contribution is -2.47. The first kappa shape index (κ1) is 13.6. The Balaban J connectivity index is 1.73. The predicted octanol–water partition coefficient (Wildman–Crippen LogP) is 1.54. The first-order chi connectivity index (χ1) is 10.1. The van der Waals surface area contributed by atoms with Crippen LogP contribution in [0.3, 0.4) is 0 Å². The molecule has 21 heavy (non-hydrogen) atoms. The van der Waals surface area contributed by atoms with Crippen LogP contribution in [0.25, 0.3) is 0 Å². The minimum atomic E-state index is -0.201. The Bertz CT molecular complexity index is 692. The Hall–Kier alpha value is -2.37. The quantitative estimate of drug-likeness (QED) is 0.911. The van der Waals surface area contributed by atoms with Gasteiger partial charge in [0.15, 0.2) is 0 Å². The number of para-hydroxylation sites is 1. The van der Waals surface area contributed by atoms with Gasteiger partial charge in [0, 0.05) is 37.9 Å². The van der Waals surface area contributed by atoms with Crippen LogP contribution in [0.1, 0.15) is 5.69 Å². The third-order valence-corrected chi connectivity index (χ3v) is 3.63. The van der Waals surface area contributed by atoms with E-state index in [1.165, 1.54) is 12.1 Å². The molecule has 0 radical (unpaired) electrons. The summed E-state index contributed by atoms with van der Waals surface area (Å²) in [7, 11) is 0. The third-order valence-electron chi connectivity index (χ3n) is 3.63. The fraction of sp³-hybridized carbons (Fsp3) is 0.333. The van der Waals surface area contributed by atoms with E-state index in [0.717, 1.165) is 0 Å². The van der Waals surface area contributed by atoms with Crippen molar-refractivity contribution in [3.8, 4) is 0 Å². The highest BCUT2D eigenvalue weighted by molar-refractivity contribution is 5.49. The van der Waals surface area contributed by atoms with E-state index in [1.54, 1.807) is 19.1 Å². The summed E-state index contributed by atoms with van der Waals surface area (Å²) in [4.78, 5) is 22.6. The van der Waals surface area contributed by atoms with Crippen LogP contribution in [-0.4, -0.2) is 36.1 Å². The minimum Gasteiger partial charge on any atom is -0.366 e. The van der Waals surface area contributed by atoms with E-state index in [4.69, 9.17) is 0 Å². The number of aromatic nitrogens is 2. The first-order valence-electron chi connectivity index (χ1n) is 6.96. The number of halogens is 1. The van der Waals surface area contributed by atoms with Gasteiger partial charge in [-0.05, 0) is 19.1 Å². The summed E-state index contributed by atoms with van der Waals surface area (Å²) in [5.41, 5.74) is 1.18. The molecule has 110 valence electrons. The van der Waals surface area contributed by atoms with Gasteiger partial charge >= 0.3 is 0 Å². The lowest BCUT2D eigenvalue weighted by atomic mass is 10.2. The maximum Gasteiger partial charge on any atom is 0.252 e. The second-order valence-corrected chi connectivity index (χ2v) is 5.14. The van der Waals surface area contributed by atoms with Gasteiger partial charge in [-0.3, -0.25) is 9.78 Å². The summed E-state index contributed by atoms with van der Waals surface area (Å²) in [5.74, 6) is 0.390. The van der Waals surface area contributed by atoms with Gasteiger partial charge < -0.3 is 9.80 Å². The Kier molecular flexibility index (Phi) is 3.60. The van der Waals surface area contributed by atoms with Crippen molar-refractivity contribution in [1.82, 2.24) is 9.97 Å².